The monoisotopic (exact) mass is 350 g/mol. The molecule has 0 saturated carbocycles. The molecule has 1 saturated heterocycles. The largest absolute Gasteiger partial charge is 0.466 e. The molecule has 132 valence electrons. The predicted molar refractivity (Wildman–Crippen MR) is 71.9 cm³/mol. The van der Waals surface area contributed by atoms with Crippen LogP contribution in [-0.2, 0) is 9.53 Å². The number of amides is 2. The van der Waals surface area contributed by atoms with Gasteiger partial charge in [-0.1, -0.05) is 12.1 Å². The Morgan fingerprint density at radius 1 is 1.33 bits per heavy atom. The Labute approximate surface area is 133 Å². The Morgan fingerprint density at radius 3 is 2.42 bits per heavy atom. The van der Waals surface area contributed by atoms with Gasteiger partial charge >= 0.3 is 18.2 Å². The number of halogens is 4. The molecule has 0 unspecified atom stereocenters. The molecule has 1 aliphatic rings. The first-order valence-corrected chi connectivity index (χ1v) is 6.90. The SMILES string of the molecule is CCOC(=O)[C@H]1[C@H](c2ccc(F)cc2)NC(=O)N[C@]1(O)C(F)(F)F. The minimum atomic E-state index is -5.35. The molecule has 3 N–H and O–H groups in total. The molecule has 2 rings (SSSR count). The van der Waals surface area contributed by atoms with Gasteiger partial charge in [0, 0.05) is 0 Å². The van der Waals surface area contributed by atoms with E-state index in [1.165, 1.54) is 12.2 Å². The third kappa shape index (κ3) is 3.14. The number of aliphatic hydroxyl groups is 1. The van der Waals surface area contributed by atoms with E-state index in [1.54, 1.807) is 0 Å². The fraction of sp³-hybridized carbons (Fsp3) is 0.429. The topological polar surface area (TPSA) is 87.7 Å². The molecule has 0 bridgehead atoms. The third-order valence-electron chi connectivity index (χ3n) is 3.58. The molecule has 0 spiro atoms. The quantitative estimate of drug-likeness (QED) is 0.571. The van der Waals surface area contributed by atoms with Crippen LogP contribution in [0.4, 0.5) is 22.4 Å². The van der Waals surface area contributed by atoms with Crippen molar-refractivity contribution in [2.75, 3.05) is 6.61 Å². The minimum absolute atomic E-state index is 0.00646. The van der Waals surface area contributed by atoms with E-state index < -0.39 is 41.7 Å². The van der Waals surface area contributed by atoms with Gasteiger partial charge in [0.2, 0.25) is 0 Å². The molecule has 0 aromatic heterocycles. The molecule has 6 nitrogen and oxygen atoms in total. The van der Waals surface area contributed by atoms with E-state index in [4.69, 9.17) is 0 Å². The third-order valence-corrected chi connectivity index (χ3v) is 3.58. The summed E-state index contributed by atoms with van der Waals surface area (Å²) in [4.78, 5) is 23.7. The summed E-state index contributed by atoms with van der Waals surface area (Å²) in [6.07, 6.45) is -5.35. The number of benzene rings is 1. The van der Waals surface area contributed by atoms with Gasteiger partial charge in [-0.2, -0.15) is 13.2 Å². The maximum absolute atomic E-state index is 13.3. The molecule has 0 radical (unpaired) electrons. The summed E-state index contributed by atoms with van der Waals surface area (Å²) >= 11 is 0. The number of urea groups is 1. The van der Waals surface area contributed by atoms with E-state index >= 15 is 0 Å². The number of carbonyl (C=O) groups is 2. The second-order valence-corrected chi connectivity index (χ2v) is 5.12. The van der Waals surface area contributed by atoms with E-state index in [0.717, 1.165) is 24.3 Å². The molecular weight excluding hydrogens is 336 g/mol. The van der Waals surface area contributed by atoms with Gasteiger partial charge in [0.25, 0.3) is 5.72 Å². The van der Waals surface area contributed by atoms with E-state index in [1.807, 2.05) is 0 Å². The van der Waals surface area contributed by atoms with Crippen molar-refractivity contribution in [1.82, 2.24) is 10.6 Å². The molecule has 24 heavy (non-hydrogen) atoms. The van der Waals surface area contributed by atoms with Crippen molar-refractivity contribution in [1.29, 1.82) is 0 Å². The lowest BCUT2D eigenvalue weighted by Crippen LogP contribution is -2.73. The lowest BCUT2D eigenvalue weighted by molar-refractivity contribution is -0.294. The summed E-state index contributed by atoms with van der Waals surface area (Å²) in [6.45, 7) is 1.15. The summed E-state index contributed by atoms with van der Waals surface area (Å²) in [5, 5.41) is 13.5. The summed E-state index contributed by atoms with van der Waals surface area (Å²) in [5.41, 5.74) is -3.83. The molecule has 0 aliphatic carbocycles. The van der Waals surface area contributed by atoms with Crippen molar-refractivity contribution in [3.8, 4) is 0 Å². The highest BCUT2D eigenvalue weighted by atomic mass is 19.4. The van der Waals surface area contributed by atoms with Crippen LogP contribution in [0.1, 0.15) is 18.5 Å². The van der Waals surface area contributed by atoms with Crippen LogP contribution < -0.4 is 10.6 Å². The highest BCUT2D eigenvalue weighted by Gasteiger charge is 2.67. The summed E-state index contributed by atoms with van der Waals surface area (Å²) in [7, 11) is 0. The van der Waals surface area contributed by atoms with Crippen molar-refractivity contribution in [2.45, 2.75) is 24.9 Å². The van der Waals surface area contributed by atoms with Crippen LogP contribution in [0, 0.1) is 11.7 Å². The molecule has 1 heterocycles. The van der Waals surface area contributed by atoms with Crippen LogP contribution in [0.5, 0.6) is 0 Å². The van der Waals surface area contributed by atoms with Crippen molar-refractivity contribution in [3.05, 3.63) is 35.6 Å². The highest BCUT2D eigenvalue weighted by Crippen LogP contribution is 2.43. The number of nitrogens with one attached hydrogen (secondary N) is 2. The van der Waals surface area contributed by atoms with Crippen LogP contribution in [0.25, 0.3) is 0 Å². The Hall–Kier alpha value is -2.36. The molecule has 3 atom stereocenters. The number of ether oxygens (including phenoxy) is 1. The zero-order chi connectivity index (χ0) is 18.1. The first-order chi connectivity index (χ1) is 11.1. The Bertz CT molecular complexity index is 635. The first kappa shape index (κ1) is 18.0. The average molecular weight is 350 g/mol. The van der Waals surface area contributed by atoms with Gasteiger partial charge in [-0.05, 0) is 24.6 Å². The predicted octanol–water partition coefficient (Wildman–Crippen LogP) is 1.61. The number of hydrogen-bond acceptors (Lipinski definition) is 4. The number of esters is 1. The maximum atomic E-state index is 13.3. The standard InChI is InChI=1S/C14H14F4N2O4/c1-2-24-11(21)9-10(7-3-5-8(15)6-4-7)19-12(22)20-13(9,23)14(16,17)18/h3-6,9-10,23H,2H2,1H3,(H2,19,20,22)/t9-,10+,13-/m1/s1. The number of carbonyl (C=O) groups excluding carboxylic acids is 2. The van der Waals surface area contributed by atoms with Gasteiger partial charge in [0.05, 0.1) is 12.6 Å². The van der Waals surface area contributed by atoms with Crippen molar-refractivity contribution >= 4 is 12.0 Å². The Balaban J connectivity index is 2.55. The Morgan fingerprint density at radius 2 is 1.92 bits per heavy atom. The lowest BCUT2D eigenvalue weighted by atomic mass is 9.82. The van der Waals surface area contributed by atoms with Crippen molar-refractivity contribution < 1.29 is 37.0 Å². The van der Waals surface area contributed by atoms with E-state index in [0.29, 0.717) is 0 Å². The van der Waals surface area contributed by atoms with Crippen LogP contribution in [0.15, 0.2) is 24.3 Å². The van der Waals surface area contributed by atoms with Crippen LogP contribution >= 0.6 is 0 Å². The van der Waals surface area contributed by atoms with Gasteiger partial charge in [-0.15, -0.1) is 0 Å². The zero-order valence-electron chi connectivity index (χ0n) is 12.4. The smallest absolute Gasteiger partial charge is 0.437 e. The molecule has 10 heteroatoms. The molecular formula is C14H14F4N2O4. The molecule has 1 aromatic rings. The van der Waals surface area contributed by atoms with Crippen molar-refractivity contribution in [3.63, 3.8) is 0 Å². The number of alkyl halides is 3. The fourth-order valence-electron chi connectivity index (χ4n) is 2.48. The van der Waals surface area contributed by atoms with E-state index in [9.17, 15) is 32.3 Å². The number of rotatable bonds is 3. The summed E-state index contributed by atoms with van der Waals surface area (Å²) in [6, 6.07) is 1.23. The second kappa shape index (κ2) is 6.27. The van der Waals surface area contributed by atoms with Crippen LogP contribution in [0.3, 0.4) is 0 Å². The summed E-state index contributed by atoms with van der Waals surface area (Å²) < 4.78 is 57.7. The highest BCUT2D eigenvalue weighted by molar-refractivity contribution is 5.83. The summed E-state index contributed by atoms with van der Waals surface area (Å²) in [5.74, 6) is -4.24. The van der Waals surface area contributed by atoms with Crippen molar-refractivity contribution in [2.24, 2.45) is 5.92 Å². The minimum Gasteiger partial charge on any atom is -0.466 e. The van der Waals surface area contributed by atoms with Gasteiger partial charge in [0.1, 0.15) is 11.7 Å². The van der Waals surface area contributed by atoms with Crippen LogP contribution in [0.2, 0.25) is 0 Å². The maximum Gasteiger partial charge on any atom is 0.437 e. The van der Waals surface area contributed by atoms with Crippen LogP contribution in [-0.4, -0.2) is 35.6 Å². The first-order valence-electron chi connectivity index (χ1n) is 6.90. The second-order valence-electron chi connectivity index (χ2n) is 5.12. The average Bonchev–Trinajstić information content (AvgIpc) is 2.46. The zero-order valence-corrected chi connectivity index (χ0v) is 12.4. The number of hydrogen-bond donors (Lipinski definition) is 3. The molecule has 2 amide bonds. The molecule has 1 fully saturated rings. The molecule has 1 aromatic carbocycles. The van der Waals surface area contributed by atoms with Gasteiger partial charge < -0.3 is 20.5 Å². The Kier molecular flexibility index (Phi) is 4.70. The lowest BCUT2D eigenvalue weighted by Gasteiger charge is -2.44. The van der Waals surface area contributed by atoms with Gasteiger partial charge in [-0.25, -0.2) is 9.18 Å². The van der Waals surface area contributed by atoms with E-state index in [2.05, 4.69) is 10.1 Å². The normalized spacial score (nSPS) is 27.2. The van der Waals surface area contributed by atoms with Gasteiger partial charge in [-0.3, -0.25) is 4.79 Å². The fourth-order valence-corrected chi connectivity index (χ4v) is 2.48. The van der Waals surface area contributed by atoms with E-state index in [-0.39, 0.29) is 12.2 Å². The molecule has 1 aliphatic heterocycles. The van der Waals surface area contributed by atoms with Gasteiger partial charge in [0.15, 0.2) is 0 Å².